The van der Waals surface area contributed by atoms with Crippen LogP contribution in [0.15, 0.2) is 43.0 Å². The van der Waals surface area contributed by atoms with Gasteiger partial charge >= 0.3 is 18.5 Å². The zero-order valence-electron chi connectivity index (χ0n) is 21.7. The number of carbonyl (C=O) groups is 2. The molecule has 0 saturated heterocycles. The number of hydrogen-bond acceptors (Lipinski definition) is 2. The van der Waals surface area contributed by atoms with Crippen molar-refractivity contribution >= 4 is 46.9 Å². The Labute approximate surface area is 247 Å². The van der Waals surface area contributed by atoms with Crippen LogP contribution in [0.25, 0.3) is 11.9 Å². The highest BCUT2D eigenvalue weighted by Crippen LogP contribution is 2.43. The van der Waals surface area contributed by atoms with E-state index in [4.69, 9.17) is 23.2 Å². The van der Waals surface area contributed by atoms with E-state index in [1.165, 1.54) is 6.08 Å². The maximum Gasteiger partial charge on any atom is 0.417 e. The summed E-state index contributed by atoms with van der Waals surface area (Å²) in [6.45, 7) is 1.75. The molecular weight excluding hydrogens is 645 g/mol. The largest absolute Gasteiger partial charge is 0.417 e. The molecule has 0 radical (unpaired) electrons. The zero-order chi connectivity index (χ0) is 32.7. The Hall–Kier alpha value is -3.26. The van der Waals surface area contributed by atoms with Gasteiger partial charge < -0.3 is 10.2 Å². The molecule has 1 saturated carbocycles. The first-order chi connectivity index (χ1) is 19.6. The fourth-order valence-corrected chi connectivity index (χ4v) is 4.89. The predicted octanol–water partition coefficient (Wildman–Crippen LogP) is 8.59. The number of rotatable bonds is 8. The lowest BCUT2D eigenvalue weighted by atomic mass is 9.94. The number of nitrogens with one attached hydrogen (secondary N) is 1. The second-order valence-electron chi connectivity index (χ2n) is 9.71. The number of nitrogens with zero attached hydrogens (tertiary/aromatic N) is 1. The zero-order valence-corrected chi connectivity index (χ0v) is 23.3. The molecule has 2 amide bonds. The number of carbonyl (C=O) groups excluding carboxylic acids is 2. The molecule has 43 heavy (non-hydrogen) atoms. The molecule has 1 aliphatic carbocycles. The molecule has 3 rings (SSSR count). The van der Waals surface area contributed by atoms with Gasteiger partial charge in [0.2, 0.25) is 5.91 Å². The van der Waals surface area contributed by atoms with Gasteiger partial charge in [-0.1, -0.05) is 41.9 Å². The van der Waals surface area contributed by atoms with Gasteiger partial charge in [0, 0.05) is 28.2 Å². The van der Waals surface area contributed by atoms with Crippen LogP contribution in [0.3, 0.4) is 0 Å². The van der Waals surface area contributed by atoms with E-state index >= 15 is 4.39 Å². The van der Waals surface area contributed by atoms with Crippen molar-refractivity contribution in [2.75, 3.05) is 13.6 Å². The molecule has 1 fully saturated rings. The summed E-state index contributed by atoms with van der Waals surface area (Å²) in [6, 6.07) is 2.90. The fraction of sp³-hybridized carbons (Fsp3) is 0.333. The van der Waals surface area contributed by atoms with Crippen molar-refractivity contribution in [1.29, 1.82) is 0 Å². The Kier molecular flexibility index (Phi) is 9.57. The number of allylic oxidation sites excluding steroid dienone is 1. The van der Waals surface area contributed by atoms with Crippen LogP contribution in [0, 0.1) is 0 Å². The molecule has 1 N–H and O–H groups in total. The van der Waals surface area contributed by atoms with Crippen LogP contribution >= 0.6 is 23.2 Å². The number of hydrogen-bond donors (Lipinski definition) is 1. The van der Waals surface area contributed by atoms with Gasteiger partial charge in [-0.05, 0) is 48.7 Å². The third-order valence-corrected chi connectivity index (χ3v) is 7.08. The third-order valence-electron chi connectivity index (χ3n) is 6.45. The fourth-order valence-electron chi connectivity index (χ4n) is 4.23. The van der Waals surface area contributed by atoms with Gasteiger partial charge in [-0.15, -0.1) is 0 Å². The van der Waals surface area contributed by atoms with Gasteiger partial charge in [-0.3, -0.25) is 9.59 Å². The minimum absolute atomic E-state index is 0.0130. The highest BCUT2D eigenvalue weighted by atomic mass is 35.5. The van der Waals surface area contributed by atoms with Crippen LogP contribution in [0.1, 0.15) is 51.4 Å². The summed E-state index contributed by atoms with van der Waals surface area (Å²) in [7, 11) is 0.803. The lowest BCUT2D eigenvalue weighted by Gasteiger charge is -2.25. The van der Waals surface area contributed by atoms with E-state index in [-0.39, 0.29) is 45.5 Å². The summed E-state index contributed by atoms with van der Waals surface area (Å²) in [5.74, 6) is -7.12. The van der Waals surface area contributed by atoms with Crippen molar-refractivity contribution < 1.29 is 53.5 Å². The Morgan fingerprint density at radius 2 is 1.58 bits per heavy atom. The quantitative estimate of drug-likeness (QED) is 0.288. The Balaban J connectivity index is 1.98. The van der Waals surface area contributed by atoms with E-state index in [0.29, 0.717) is 12.1 Å². The van der Waals surface area contributed by atoms with Gasteiger partial charge in [0.15, 0.2) is 0 Å². The summed E-state index contributed by atoms with van der Waals surface area (Å²) in [5.41, 5.74) is -6.27. The first kappa shape index (κ1) is 34.2. The molecule has 4 nitrogen and oxygen atoms in total. The molecule has 2 aromatic rings. The van der Waals surface area contributed by atoms with Crippen molar-refractivity contribution in [3.05, 3.63) is 80.8 Å². The molecule has 1 unspecified atom stereocenters. The summed E-state index contributed by atoms with van der Waals surface area (Å²) in [6.07, 6.45) is -14.4. The van der Waals surface area contributed by atoms with Crippen LogP contribution in [0.5, 0.6) is 0 Å². The molecule has 2 aromatic carbocycles. The molecule has 0 spiro atoms. The van der Waals surface area contributed by atoms with Gasteiger partial charge in [0.05, 0.1) is 11.1 Å². The first-order valence-corrected chi connectivity index (χ1v) is 12.8. The number of likely N-dealkylation sites (N-methyl/N-ethyl adjacent to an activating group) is 1. The van der Waals surface area contributed by atoms with Gasteiger partial charge in [-0.2, -0.15) is 39.5 Å². The molecule has 0 aliphatic heterocycles. The van der Waals surface area contributed by atoms with E-state index < -0.39 is 76.4 Å². The van der Waals surface area contributed by atoms with E-state index in [9.17, 15) is 49.1 Å². The Morgan fingerprint density at radius 3 is 2.02 bits per heavy atom. The molecule has 0 aromatic heterocycles. The van der Waals surface area contributed by atoms with Crippen LogP contribution in [0.2, 0.25) is 10.0 Å². The van der Waals surface area contributed by atoms with Crippen LogP contribution in [-0.4, -0.2) is 48.2 Å². The maximum atomic E-state index is 15.1. The van der Waals surface area contributed by atoms with Crippen molar-refractivity contribution in [3.8, 4) is 0 Å². The molecular formula is C27H20Cl2F10N2O2. The summed E-state index contributed by atoms with van der Waals surface area (Å²) < 4.78 is 137. The predicted molar refractivity (Wildman–Crippen MR) is 139 cm³/mol. The van der Waals surface area contributed by atoms with Gasteiger partial charge in [-0.25, -0.2) is 4.39 Å². The van der Waals surface area contributed by atoms with Crippen LogP contribution < -0.4 is 5.32 Å². The monoisotopic (exact) mass is 664 g/mol. The number of halogens is 12. The normalized spacial score (nSPS) is 16.0. The second-order valence-corrected chi connectivity index (χ2v) is 10.5. The highest BCUT2D eigenvalue weighted by Gasteiger charge is 2.54. The van der Waals surface area contributed by atoms with Crippen LogP contribution in [0.4, 0.5) is 43.9 Å². The number of benzene rings is 2. The van der Waals surface area contributed by atoms with E-state index in [1.807, 2.05) is 5.32 Å². The molecule has 234 valence electrons. The molecule has 16 heteroatoms. The average Bonchev–Trinajstić information content (AvgIpc) is 3.64. The standard InChI is InChI=1S/C27H20Cl2F10N2O2/c1-3-15-19(28)9-14(10-20(15)29)17(26(34,35)36)11-21(30)13-4-5-16(18(8-13)27(37,38)39)22(42)40-24(6-7-24)23(43)41(2)12-25(31,32)33/h3-5,8-11,17H,1,6-7,12H2,2H3,(H,40,42)/b21-11-. The molecule has 1 atom stereocenters. The molecule has 1 aliphatic rings. The average molecular weight is 665 g/mol. The lowest BCUT2D eigenvalue weighted by Crippen LogP contribution is -2.51. The third kappa shape index (κ3) is 8.02. The van der Waals surface area contributed by atoms with Crippen molar-refractivity contribution in [3.63, 3.8) is 0 Å². The second kappa shape index (κ2) is 12.0. The van der Waals surface area contributed by atoms with E-state index in [1.54, 1.807) is 0 Å². The molecule has 0 bridgehead atoms. The van der Waals surface area contributed by atoms with Gasteiger partial charge in [0.25, 0.3) is 5.91 Å². The SMILES string of the molecule is C=Cc1c(Cl)cc(C(/C=C(\F)c2ccc(C(=O)NC3(C(=O)N(C)CC(F)(F)F)CC3)c(C(F)(F)F)c2)C(F)(F)F)cc1Cl. The summed E-state index contributed by atoms with van der Waals surface area (Å²) in [4.78, 5) is 25.5. The summed E-state index contributed by atoms with van der Waals surface area (Å²) >= 11 is 11.9. The van der Waals surface area contributed by atoms with E-state index in [0.717, 1.165) is 19.2 Å². The van der Waals surface area contributed by atoms with E-state index in [2.05, 4.69) is 6.58 Å². The van der Waals surface area contributed by atoms with Crippen molar-refractivity contribution in [1.82, 2.24) is 10.2 Å². The maximum absolute atomic E-state index is 15.1. The number of amides is 2. The molecule has 0 heterocycles. The van der Waals surface area contributed by atoms with Crippen LogP contribution in [-0.2, 0) is 11.0 Å². The topological polar surface area (TPSA) is 49.4 Å². The minimum atomic E-state index is -5.33. The lowest BCUT2D eigenvalue weighted by molar-refractivity contribution is -0.160. The smallest absolute Gasteiger partial charge is 0.338 e. The van der Waals surface area contributed by atoms with Gasteiger partial charge in [0.1, 0.15) is 23.8 Å². The van der Waals surface area contributed by atoms with Crippen molar-refractivity contribution in [2.24, 2.45) is 0 Å². The Morgan fingerprint density at radius 1 is 1.02 bits per heavy atom. The minimum Gasteiger partial charge on any atom is -0.338 e. The first-order valence-electron chi connectivity index (χ1n) is 12.0. The van der Waals surface area contributed by atoms with Crippen molar-refractivity contribution in [2.45, 2.75) is 42.8 Å². The number of alkyl halides is 9. The summed E-state index contributed by atoms with van der Waals surface area (Å²) in [5, 5.41) is 1.53. The highest BCUT2D eigenvalue weighted by molar-refractivity contribution is 6.37. The Bertz CT molecular complexity index is 1440.